The van der Waals surface area contributed by atoms with Crippen molar-refractivity contribution in [3.8, 4) is 0 Å². The van der Waals surface area contributed by atoms with Crippen molar-refractivity contribution in [1.82, 2.24) is 10.6 Å². The van der Waals surface area contributed by atoms with Crippen LogP contribution in [0.4, 0.5) is 14.5 Å². The number of hydrogen-bond donors (Lipinski definition) is 3. The van der Waals surface area contributed by atoms with Gasteiger partial charge in [0, 0.05) is 34.7 Å². The average molecular weight is 406 g/mol. The maximum Gasteiger partial charge on any atom is 0.255 e. The number of benzene rings is 2. The summed E-state index contributed by atoms with van der Waals surface area (Å²) in [6, 6.07) is 9.92. The quantitative estimate of drug-likeness (QED) is 0.574. The van der Waals surface area contributed by atoms with E-state index >= 15 is 0 Å². The summed E-state index contributed by atoms with van der Waals surface area (Å²) < 4.78 is 30.8. The lowest BCUT2D eigenvalue weighted by molar-refractivity contribution is -0.122. The molecular weight excluding hydrogens is 388 g/mol. The smallest absolute Gasteiger partial charge is 0.255 e. The number of anilines is 1. The number of alkyl halides is 2. The number of halogens is 3. The SMILES string of the molecule is O=C(NCC(F)F)[C@H](Nc1ccc2c(c1)CNC2)c1cc(Cl)cc2ccoc12. The summed E-state index contributed by atoms with van der Waals surface area (Å²) in [5.74, 6) is -0.584. The van der Waals surface area contributed by atoms with Crippen molar-refractivity contribution < 1.29 is 18.0 Å². The van der Waals surface area contributed by atoms with Gasteiger partial charge in [-0.2, -0.15) is 0 Å². The number of carbonyl (C=O) groups excluding carboxylic acids is 1. The lowest BCUT2D eigenvalue weighted by Crippen LogP contribution is -2.36. The standard InChI is InChI=1S/C20H18ClF2N3O2/c21-14-5-11-3-4-28-19(11)16(7-14)18(20(27)25-10-17(22)23)26-15-2-1-12-8-24-9-13(12)6-15/h1-7,17-18,24,26H,8-10H2,(H,25,27)/t18-/m1/s1. The fourth-order valence-electron chi connectivity index (χ4n) is 3.40. The second-order valence-electron chi connectivity index (χ2n) is 6.63. The molecule has 0 aliphatic carbocycles. The number of fused-ring (bicyclic) bond motifs is 2. The molecule has 3 aromatic rings. The van der Waals surface area contributed by atoms with Gasteiger partial charge in [-0.05, 0) is 41.5 Å². The zero-order valence-electron chi connectivity index (χ0n) is 14.8. The molecule has 2 heterocycles. The second kappa shape index (κ2) is 7.77. The van der Waals surface area contributed by atoms with Crippen molar-refractivity contribution in [2.24, 2.45) is 0 Å². The number of furan rings is 1. The van der Waals surface area contributed by atoms with Crippen molar-refractivity contribution in [2.45, 2.75) is 25.6 Å². The van der Waals surface area contributed by atoms with Gasteiger partial charge in [-0.15, -0.1) is 0 Å². The molecule has 1 aromatic heterocycles. The highest BCUT2D eigenvalue weighted by Gasteiger charge is 2.26. The first-order chi connectivity index (χ1) is 13.5. The molecule has 5 nitrogen and oxygen atoms in total. The minimum Gasteiger partial charge on any atom is -0.464 e. The van der Waals surface area contributed by atoms with Gasteiger partial charge < -0.3 is 20.4 Å². The van der Waals surface area contributed by atoms with E-state index in [1.807, 2.05) is 18.2 Å². The Kier molecular flexibility index (Phi) is 5.19. The fourth-order valence-corrected chi connectivity index (χ4v) is 3.64. The van der Waals surface area contributed by atoms with E-state index in [1.54, 1.807) is 18.2 Å². The number of hydrogen-bond acceptors (Lipinski definition) is 4. The van der Waals surface area contributed by atoms with Crippen molar-refractivity contribution in [2.75, 3.05) is 11.9 Å². The van der Waals surface area contributed by atoms with E-state index in [2.05, 4.69) is 16.0 Å². The van der Waals surface area contributed by atoms with Crippen LogP contribution < -0.4 is 16.0 Å². The molecule has 0 spiro atoms. The summed E-state index contributed by atoms with van der Waals surface area (Å²) in [7, 11) is 0. The van der Waals surface area contributed by atoms with Gasteiger partial charge in [0.05, 0.1) is 12.8 Å². The summed E-state index contributed by atoms with van der Waals surface area (Å²) in [6.45, 7) is 0.814. The zero-order chi connectivity index (χ0) is 19.7. The highest BCUT2D eigenvalue weighted by atomic mass is 35.5. The Balaban J connectivity index is 1.71. The first-order valence-corrected chi connectivity index (χ1v) is 9.20. The Morgan fingerprint density at radius 2 is 2.00 bits per heavy atom. The summed E-state index contributed by atoms with van der Waals surface area (Å²) in [5.41, 5.74) is 4.00. The topological polar surface area (TPSA) is 66.3 Å². The second-order valence-corrected chi connectivity index (χ2v) is 7.07. The first-order valence-electron chi connectivity index (χ1n) is 8.83. The first kappa shape index (κ1) is 18.7. The van der Waals surface area contributed by atoms with Crippen LogP contribution in [0.2, 0.25) is 5.02 Å². The number of nitrogens with one attached hydrogen (secondary N) is 3. The third-order valence-electron chi connectivity index (χ3n) is 4.70. The van der Waals surface area contributed by atoms with Gasteiger partial charge >= 0.3 is 0 Å². The molecule has 28 heavy (non-hydrogen) atoms. The molecule has 146 valence electrons. The van der Waals surface area contributed by atoms with Crippen molar-refractivity contribution >= 4 is 34.2 Å². The molecule has 3 N–H and O–H groups in total. The maximum atomic E-state index is 12.8. The summed E-state index contributed by atoms with van der Waals surface area (Å²) in [4.78, 5) is 12.8. The zero-order valence-corrected chi connectivity index (χ0v) is 15.5. The summed E-state index contributed by atoms with van der Waals surface area (Å²) in [5, 5.41) is 9.85. The Labute approximate surface area is 165 Å². The van der Waals surface area contributed by atoms with E-state index in [4.69, 9.17) is 16.0 Å². The normalized spacial score (nSPS) is 14.3. The van der Waals surface area contributed by atoms with Crippen LogP contribution in [0.15, 0.2) is 47.1 Å². The molecule has 0 saturated carbocycles. The van der Waals surface area contributed by atoms with Crippen LogP contribution in [0.25, 0.3) is 11.0 Å². The van der Waals surface area contributed by atoms with Gasteiger partial charge in [-0.3, -0.25) is 4.79 Å². The number of rotatable bonds is 6. The minimum absolute atomic E-state index is 0.426. The Morgan fingerprint density at radius 3 is 2.82 bits per heavy atom. The van der Waals surface area contributed by atoms with Crippen LogP contribution in [-0.4, -0.2) is 18.9 Å². The summed E-state index contributed by atoms with van der Waals surface area (Å²) >= 11 is 6.21. The molecule has 0 bridgehead atoms. The van der Waals surface area contributed by atoms with E-state index in [1.165, 1.54) is 11.8 Å². The maximum absolute atomic E-state index is 12.8. The van der Waals surface area contributed by atoms with Gasteiger partial charge in [0.25, 0.3) is 6.43 Å². The van der Waals surface area contributed by atoms with Crippen LogP contribution in [0.5, 0.6) is 0 Å². The van der Waals surface area contributed by atoms with Crippen molar-refractivity contribution in [1.29, 1.82) is 0 Å². The van der Waals surface area contributed by atoms with Crippen LogP contribution in [0.1, 0.15) is 22.7 Å². The Morgan fingerprint density at radius 1 is 1.18 bits per heavy atom. The van der Waals surface area contributed by atoms with Crippen LogP contribution in [0, 0.1) is 0 Å². The molecule has 0 radical (unpaired) electrons. The molecule has 8 heteroatoms. The lowest BCUT2D eigenvalue weighted by Gasteiger charge is -2.21. The number of amides is 1. The molecule has 0 fully saturated rings. The van der Waals surface area contributed by atoms with E-state index < -0.39 is 24.9 Å². The molecule has 1 aliphatic heterocycles. The average Bonchev–Trinajstić information content (AvgIpc) is 3.32. The van der Waals surface area contributed by atoms with E-state index in [0.717, 1.165) is 24.0 Å². The molecule has 2 aromatic carbocycles. The van der Waals surface area contributed by atoms with E-state index in [0.29, 0.717) is 21.9 Å². The molecule has 1 atom stereocenters. The van der Waals surface area contributed by atoms with Crippen LogP contribution in [-0.2, 0) is 17.9 Å². The van der Waals surface area contributed by atoms with Gasteiger partial charge in [-0.25, -0.2) is 8.78 Å². The third kappa shape index (κ3) is 3.81. The van der Waals surface area contributed by atoms with Gasteiger partial charge in [-0.1, -0.05) is 17.7 Å². The predicted octanol–water partition coefficient (Wildman–Crippen LogP) is 4.22. The number of carbonyl (C=O) groups is 1. The highest BCUT2D eigenvalue weighted by molar-refractivity contribution is 6.31. The van der Waals surface area contributed by atoms with Crippen molar-refractivity contribution in [3.63, 3.8) is 0 Å². The minimum atomic E-state index is -2.64. The molecule has 1 amide bonds. The Hall–Kier alpha value is -2.64. The highest BCUT2D eigenvalue weighted by Crippen LogP contribution is 2.32. The fraction of sp³-hybridized carbons (Fsp3) is 0.250. The molecule has 0 unspecified atom stereocenters. The predicted molar refractivity (Wildman–Crippen MR) is 104 cm³/mol. The lowest BCUT2D eigenvalue weighted by atomic mass is 10.0. The summed E-state index contributed by atoms with van der Waals surface area (Å²) in [6.07, 6.45) is -1.14. The van der Waals surface area contributed by atoms with Crippen molar-refractivity contribution in [3.05, 3.63) is 64.4 Å². The van der Waals surface area contributed by atoms with Crippen LogP contribution in [0.3, 0.4) is 0 Å². The molecule has 0 saturated heterocycles. The van der Waals surface area contributed by atoms with E-state index in [-0.39, 0.29) is 0 Å². The largest absolute Gasteiger partial charge is 0.464 e. The van der Waals surface area contributed by atoms with Gasteiger partial charge in [0.15, 0.2) is 0 Å². The molecular formula is C20H18ClF2N3O2. The molecule has 4 rings (SSSR count). The van der Waals surface area contributed by atoms with E-state index in [9.17, 15) is 13.6 Å². The van der Waals surface area contributed by atoms with Gasteiger partial charge in [0.2, 0.25) is 5.91 Å². The third-order valence-corrected chi connectivity index (χ3v) is 4.91. The molecule has 1 aliphatic rings. The van der Waals surface area contributed by atoms with Crippen LogP contribution >= 0.6 is 11.6 Å². The Bertz CT molecular complexity index is 1020. The van der Waals surface area contributed by atoms with Gasteiger partial charge in [0.1, 0.15) is 11.6 Å². The monoisotopic (exact) mass is 405 g/mol.